The van der Waals surface area contributed by atoms with Gasteiger partial charge in [-0.15, -0.1) is 11.8 Å². The van der Waals surface area contributed by atoms with E-state index in [1.807, 2.05) is 6.92 Å². The van der Waals surface area contributed by atoms with Gasteiger partial charge in [0.1, 0.15) is 0 Å². The van der Waals surface area contributed by atoms with E-state index in [-0.39, 0.29) is 6.10 Å². The quantitative estimate of drug-likeness (QED) is 0.616. The monoisotopic (exact) mass is 183 g/mol. The van der Waals surface area contributed by atoms with Crippen molar-refractivity contribution in [2.45, 2.75) is 19.4 Å². The maximum absolute atomic E-state index is 9.41. The van der Waals surface area contributed by atoms with Crippen molar-refractivity contribution >= 4 is 0 Å². The van der Waals surface area contributed by atoms with Gasteiger partial charge in [-0.25, -0.2) is 0 Å². The van der Waals surface area contributed by atoms with E-state index in [9.17, 15) is 5.11 Å². The van der Waals surface area contributed by atoms with E-state index in [0.717, 1.165) is 26.1 Å². The molecular formula is C10H17NO2. The van der Waals surface area contributed by atoms with Crippen molar-refractivity contribution in [3.05, 3.63) is 0 Å². The number of aliphatic hydroxyl groups is 1. The number of hydrogen-bond donors (Lipinski definition) is 1. The predicted molar refractivity (Wildman–Crippen MR) is 51.3 cm³/mol. The van der Waals surface area contributed by atoms with Gasteiger partial charge in [-0.3, -0.25) is 4.90 Å². The summed E-state index contributed by atoms with van der Waals surface area (Å²) in [7, 11) is 0. The van der Waals surface area contributed by atoms with Crippen molar-refractivity contribution < 1.29 is 9.84 Å². The molecule has 0 aromatic carbocycles. The highest BCUT2D eigenvalue weighted by Gasteiger charge is 2.14. The summed E-state index contributed by atoms with van der Waals surface area (Å²) in [5.41, 5.74) is 0. The molecule has 0 bridgehead atoms. The van der Waals surface area contributed by atoms with Crippen LogP contribution >= 0.6 is 0 Å². The fraction of sp³-hybridized carbons (Fsp3) is 0.800. The van der Waals surface area contributed by atoms with Crippen molar-refractivity contribution in [2.24, 2.45) is 0 Å². The molecular weight excluding hydrogens is 166 g/mol. The van der Waals surface area contributed by atoms with Gasteiger partial charge in [0.2, 0.25) is 0 Å². The minimum absolute atomic E-state index is 0.336. The second-order valence-corrected chi connectivity index (χ2v) is 3.21. The number of β-amino-alcohol motifs (C(OH)–C–C–N with tert-alkyl or cyclic N) is 1. The predicted octanol–water partition coefficient (Wildman–Crippen LogP) is 0.0929. The molecule has 1 N–H and O–H groups in total. The SMILES string of the molecule is CC#CCCN1CCOCC(O)C1. The van der Waals surface area contributed by atoms with E-state index >= 15 is 0 Å². The van der Waals surface area contributed by atoms with Crippen LogP contribution in [-0.2, 0) is 4.74 Å². The molecule has 0 saturated carbocycles. The molecule has 0 spiro atoms. The third-order valence-electron chi connectivity index (χ3n) is 2.06. The molecule has 1 saturated heterocycles. The molecule has 3 heteroatoms. The van der Waals surface area contributed by atoms with Crippen LogP contribution in [0.15, 0.2) is 0 Å². The van der Waals surface area contributed by atoms with Crippen LogP contribution < -0.4 is 0 Å². The summed E-state index contributed by atoms with van der Waals surface area (Å²) in [6.45, 7) is 5.59. The highest BCUT2D eigenvalue weighted by Crippen LogP contribution is 2.00. The number of hydrogen-bond acceptors (Lipinski definition) is 3. The van der Waals surface area contributed by atoms with E-state index in [1.54, 1.807) is 0 Å². The fourth-order valence-corrected chi connectivity index (χ4v) is 1.40. The molecule has 1 rings (SSSR count). The topological polar surface area (TPSA) is 32.7 Å². The molecule has 1 aliphatic heterocycles. The summed E-state index contributed by atoms with van der Waals surface area (Å²) in [4.78, 5) is 2.20. The maximum Gasteiger partial charge on any atom is 0.0900 e. The number of nitrogens with zero attached hydrogens (tertiary/aromatic N) is 1. The van der Waals surface area contributed by atoms with Gasteiger partial charge in [-0.05, 0) is 6.92 Å². The normalized spacial score (nSPS) is 24.6. The Kier molecular flexibility index (Phi) is 4.84. The Balaban J connectivity index is 2.25. The van der Waals surface area contributed by atoms with Crippen molar-refractivity contribution in [2.75, 3.05) is 32.8 Å². The van der Waals surface area contributed by atoms with Gasteiger partial charge in [-0.2, -0.15) is 0 Å². The smallest absolute Gasteiger partial charge is 0.0900 e. The van der Waals surface area contributed by atoms with E-state index in [1.165, 1.54) is 0 Å². The van der Waals surface area contributed by atoms with Crippen LogP contribution in [0.25, 0.3) is 0 Å². The molecule has 1 heterocycles. The molecule has 1 aliphatic rings. The average molecular weight is 183 g/mol. The summed E-state index contributed by atoms with van der Waals surface area (Å²) in [6.07, 6.45) is 0.542. The molecule has 0 radical (unpaired) electrons. The third kappa shape index (κ3) is 4.28. The lowest BCUT2D eigenvalue weighted by molar-refractivity contribution is 0.0565. The van der Waals surface area contributed by atoms with Crippen LogP contribution in [0, 0.1) is 11.8 Å². The van der Waals surface area contributed by atoms with Crippen LogP contribution in [0.4, 0.5) is 0 Å². The van der Waals surface area contributed by atoms with Gasteiger partial charge < -0.3 is 9.84 Å². The van der Waals surface area contributed by atoms with Crippen LogP contribution in [-0.4, -0.2) is 49.0 Å². The first kappa shape index (κ1) is 10.5. The molecule has 13 heavy (non-hydrogen) atoms. The number of rotatable bonds is 2. The van der Waals surface area contributed by atoms with Crippen LogP contribution in [0.5, 0.6) is 0 Å². The van der Waals surface area contributed by atoms with Crippen molar-refractivity contribution in [3.63, 3.8) is 0 Å². The van der Waals surface area contributed by atoms with E-state index in [4.69, 9.17) is 4.74 Å². The molecule has 0 aromatic heterocycles. The lowest BCUT2D eigenvalue weighted by Gasteiger charge is -2.19. The average Bonchev–Trinajstić information content (AvgIpc) is 2.31. The highest BCUT2D eigenvalue weighted by molar-refractivity contribution is 4.95. The zero-order chi connectivity index (χ0) is 9.52. The Morgan fingerprint density at radius 2 is 2.46 bits per heavy atom. The van der Waals surface area contributed by atoms with Crippen molar-refractivity contribution in [1.29, 1.82) is 0 Å². The third-order valence-corrected chi connectivity index (χ3v) is 2.06. The summed E-state index contributed by atoms with van der Waals surface area (Å²) in [6, 6.07) is 0. The maximum atomic E-state index is 9.41. The molecule has 74 valence electrons. The van der Waals surface area contributed by atoms with Gasteiger partial charge in [0.15, 0.2) is 0 Å². The molecule has 1 unspecified atom stereocenters. The standard InChI is InChI=1S/C10H17NO2/c1-2-3-4-5-11-6-7-13-9-10(12)8-11/h10,12H,4-9H2,1H3. The van der Waals surface area contributed by atoms with Gasteiger partial charge in [-0.1, -0.05) is 0 Å². The lowest BCUT2D eigenvalue weighted by Crippen LogP contribution is -2.33. The van der Waals surface area contributed by atoms with E-state index in [2.05, 4.69) is 16.7 Å². The number of ether oxygens (including phenoxy) is 1. The first-order chi connectivity index (χ1) is 6.33. The zero-order valence-corrected chi connectivity index (χ0v) is 8.12. The molecule has 0 aliphatic carbocycles. The Labute approximate surface area is 79.7 Å². The van der Waals surface area contributed by atoms with E-state index < -0.39 is 0 Å². The van der Waals surface area contributed by atoms with Crippen molar-refractivity contribution in [1.82, 2.24) is 4.90 Å². The Hall–Kier alpha value is -0.560. The summed E-state index contributed by atoms with van der Waals surface area (Å²) < 4.78 is 5.22. The van der Waals surface area contributed by atoms with Gasteiger partial charge in [0.25, 0.3) is 0 Å². The molecule has 0 aromatic rings. The second kappa shape index (κ2) is 5.98. The van der Waals surface area contributed by atoms with Gasteiger partial charge >= 0.3 is 0 Å². The Bertz CT molecular complexity index is 195. The highest BCUT2D eigenvalue weighted by atomic mass is 16.5. The van der Waals surface area contributed by atoms with Crippen LogP contribution in [0.2, 0.25) is 0 Å². The first-order valence-electron chi connectivity index (χ1n) is 4.70. The zero-order valence-electron chi connectivity index (χ0n) is 8.12. The summed E-state index contributed by atoms with van der Waals surface area (Å²) >= 11 is 0. The molecule has 3 nitrogen and oxygen atoms in total. The molecule has 1 fully saturated rings. The Morgan fingerprint density at radius 3 is 3.23 bits per heavy atom. The number of aliphatic hydroxyl groups excluding tert-OH is 1. The Morgan fingerprint density at radius 1 is 1.62 bits per heavy atom. The van der Waals surface area contributed by atoms with Crippen LogP contribution in [0.1, 0.15) is 13.3 Å². The summed E-state index contributed by atoms with van der Waals surface area (Å²) in [5.74, 6) is 5.88. The first-order valence-corrected chi connectivity index (χ1v) is 4.70. The van der Waals surface area contributed by atoms with Gasteiger partial charge in [0, 0.05) is 26.1 Å². The minimum atomic E-state index is -0.336. The van der Waals surface area contributed by atoms with Crippen molar-refractivity contribution in [3.8, 4) is 11.8 Å². The molecule has 0 amide bonds. The second-order valence-electron chi connectivity index (χ2n) is 3.21. The van der Waals surface area contributed by atoms with Crippen LogP contribution in [0.3, 0.4) is 0 Å². The fourth-order valence-electron chi connectivity index (χ4n) is 1.40. The largest absolute Gasteiger partial charge is 0.389 e. The van der Waals surface area contributed by atoms with Gasteiger partial charge in [0.05, 0.1) is 19.3 Å². The summed E-state index contributed by atoms with van der Waals surface area (Å²) in [5, 5.41) is 9.41. The lowest BCUT2D eigenvalue weighted by atomic mass is 10.3. The minimum Gasteiger partial charge on any atom is -0.389 e. The molecule has 1 atom stereocenters. The van der Waals surface area contributed by atoms with E-state index in [0.29, 0.717) is 13.2 Å².